The Morgan fingerprint density at radius 3 is 1.73 bits per heavy atom. The molecule has 0 radical (unpaired) electrons. The smallest absolute Gasteiger partial charge is 0.359 e. The zero-order valence-corrected chi connectivity index (χ0v) is 26.3. The molecular formula is C35H32N2O11. The van der Waals surface area contributed by atoms with E-state index in [1.807, 2.05) is 0 Å². The van der Waals surface area contributed by atoms with Gasteiger partial charge in [0.2, 0.25) is 0 Å². The third-order valence-corrected chi connectivity index (χ3v) is 7.92. The predicted octanol–water partition coefficient (Wildman–Crippen LogP) is 4.30. The fourth-order valence-electron chi connectivity index (χ4n) is 5.26. The Bertz CT molecular complexity index is 1780. The van der Waals surface area contributed by atoms with Crippen molar-refractivity contribution < 1.29 is 52.4 Å². The Labute approximate surface area is 275 Å². The number of benzene rings is 3. The van der Waals surface area contributed by atoms with Crippen molar-refractivity contribution in [2.75, 3.05) is 27.4 Å². The lowest BCUT2D eigenvalue weighted by atomic mass is 9.81. The molecule has 4 aromatic rings. The summed E-state index contributed by atoms with van der Waals surface area (Å²) >= 11 is 0. The number of imidazole rings is 1. The second-order valence-electron chi connectivity index (χ2n) is 11.0. The second kappa shape index (κ2) is 14.7. The molecule has 1 fully saturated rings. The van der Waals surface area contributed by atoms with E-state index in [2.05, 4.69) is 4.98 Å². The van der Waals surface area contributed by atoms with Crippen LogP contribution in [-0.4, -0.2) is 79.0 Å². The molecule has 0 aliphatic carbocycles. The minimum atomic E-state index is -1.42. The van der Waals surface area contributed by atoms with Gasteiger partial charge in [-0.25, -0.2) is 29.0 Å². The van der Waals surface area contributed by atoms with Crippen molar-refractivity contribution >= 4 is 29.8 Å². The fourth-order valence-corrected chi connectivity index (χ4v) is 5.26. The number of carbonyl (C=O) groups is 5. The molecule has 5 rings (SSSR count). The quantitative estimate of drug-likeness (QED) is 0.167. The molecule has 0 bridgehead atoms. The topological polar surface area (TPSA) is 159 Å². The number of carbonyl (C=O) groups excluding carboxylic acids is 5. The lowest BCUT2D eigenvalue weighted by molar-refractivity contribution is -0.0643. The maximum Gasteiger partial charge on any atom is 0.359 e. The molecule has 4 atom stereocenters. The SMILES string of the molecule is COC(=O)c1ncn(C2OC(COC(=O)c3ccccc3)C(C)(COC(=O)c3ccccc3)C2OC(=O)c2ccccc2)c1C(=O)OC. The molecule has 0 N–H and O–H groups in total. The zero-order valence-electron chi connectivity index (χ0n) is 26.3. The number of hydrogen-bond donors (Lipinski definition) is 0. The Morgan fingerprint density at radius 2 is 1.21 bits per heavy atom. The van der Waals surface area contributed by atoms with Gasteiger partial charge in [0, 0.05) is 0 Å². The van der Waals surface area contributed by atoms with Crippen molar-refractivity contribution in [1.29, 1.82) is 0 Å². The molecule has 1 saturated heterocycles. The maximum absolute atomic E-state index is 13.6. The first-order chi connectivity index (χ1) is 23.2. The van der Waals surface area contributed by atoms with Crippen molar-refractivity contribution in [2.24, 2.45) is 5.41 Å². The normalized spacial score (nSPS) is 19.9. The maximum atomic E-state index is 13.6. The number of nitrogens with zero attached hydrogens (tertiary/aromatic N) is 2. The van der Waals surface area contributed by atoms with Gasteiger partial charge in [0.1, 0.15) is 19.3 Å². The average Bonchev–Trinajstić information content (AvgIpc) is 3.69. The lowest BCUT2D eigenvalue weighted by Crippen LogP contribution is -2.46. The summed E-state index contributed by atoms with van der Waals surface area (Å²) in [6, 6.07) is 24.6. The number of ether oxygens (including phenoxy) is 6. The van der Waals surface area contributed by atoms with E-state index in [0.717, 1.165) is 20.5 Å². The van der Waals surface area contributed by atoms with Crippen LogP contribution in [0.15, 0.2) is 97.3 Å². The van der Waals surface area contributed by atoms with E-state index in [4.69, 9.17) is 28.4 Å². The molecule has 1 aliphatic rings. The summed E-state index contributed by atoms with van der Waals surface area (Å²) in [5, 5.41) is 0. The standard InChI is InChI=1S/C35H32N2O11/c1-35(20-46-31(39)23-15-9-5-10-16-23)25(19-45-30(38)22-13-7-4-8-14-22)47-29(28(35)48-32(40)24-17-11-6-12-18-24)37-21-36-26(33(41)43-2)27(37)34(42)44-3/h4-18,21,25,28-29H,19-20H2,1-3H3. The molecular weight excluding hydrogens is 624 g/mol. The molecule has 0 amide bonds. The van der Waals surface area contributed by atoms with Crippen LogP contribution in [0.1, 0.15) is 65.2 Å². The van der Waals surface area contributed by atoms with Crippen LogP contribution in [0.25, 0.3) is 0 Å². The van der Waals surface area contributed by atoms with Crippen molar-refractivity contribution in [3.05, 3.63) is 125 Å². The van der Waals surface area contributed by atoms with E-state index in [-0.39, 0.29) is 41.3 Å². The Kier molecular flexibility index (Phi) is 10.3. The minimum Gasteiger partial charge on any atom is -0.464 e. The first-order valence-electron chi connectivity index (χ1n) is 14.8. The van der Waals surface area contributed by atoms with Crippen LogP contribution in [0.5, 0.6) is 0 Å². The van der Waals surface area contributed by atoms with Gasteiger partial charge in [-0.3, -0.25) is 4.57 Å². The second-order valence-corrected chi connectivity index (χ2v) is 11.0. The van der Waals surface area contributed by atoms with E-state index in [0.29, 0.717) is 0 Å². The van der Waals surface area contributed by atoms with Crippen LogP contribution in [0.2, 0.25) is 0 Å². The first kappa shape index (κ1) is 33.5. The summed E-state index contributed by atoms with van der Waals surface area (Å²) in [7, 11) is 2.23. The van der Waals surface area contributed by atoms with Gasteiger partial charge in [-0.1, -0.05) is 54.6 Å². The highest BCUT2D eigenvalue weighted by molar-refractivity contribution is 6.00. The van der Waals surface area contributed by atoms with Crippen LogP contribution in [0, 0.1) is 5.41 Å². The van der Waals surface area contributed by atoms with Crippen LogP contribution in [0.3, 0.4) is 0 Å². The van der Waals surface area contributed by atoms with Gasteiger partial charge in [-0.15, -0.1) is 0 Å². The van der Waals surface area contributed by atoms with Gasteiger partial charge in [0.05, 0.1) is 42.7 Å². The third kappa shape index (κ3) is 6.95. The molecule has 0 saturated carbocycles. The Balaban J connectivity index is 1.58. The van der Waals surface area contributed by atoms with Gasteiger partial charge in [-0.05, 0) is 43.3 Å². The molecule has 3 aromatic carbocycles. The average molecular weight is 657 g/mol. The van der Waals surface area contributed by atoms with E-state index in [1.165, 1.54) is 4.57 Å². The molecule has 0 spiro atoms. The van der Waals surface area contributed by atoms with E-state index < -0.39 is 53.7 Å². The van der Waals surface area contributed by atoms with E-state index in [1.54, 1.807) is 97.9 Å². The van der Waals surface area contributed by atoms with Crippen molar-refractivity contribution in [1.82, 2.24) is 9.55 Å². The van der Waals surface area contributed by atoms with Crippen LogP contribution < -0.4 is 0 Å². The van der Waals surface area contributed by atoms with Gasteiger partial charge in [-0.2, -0.15) is 0 Å². The Morgan fingerprint density at radius 1 is 0.708 bits per heavy atom. The number of hydrogen-bond acceptors (Lipinski definition) is 12. The number of methoxy groups -OCH3 is 2. The van der Waals surface area contributed by atoms with E-state index in [9.17, 15) is 24.0 Å². The number of rotatable bonds is 11. The summed E-state index contributed by atoms with van der Waals surface area (Å²) in [6.07, 6.45) is -2.64. The number of aromatic nitrogens is 2. The summed E-state index contributed by atoms with van der Waals surface area (Å²) in [5.74, 6) is -3.97. The molecule has 48 heavy (non-hydrogen) atoms. The fraction of sp³-hybridized carbons (Fsp3) is 0.257. The first-order valence-corrected chi connectivity index (χ1v) is 14.8. The molecule has 2 heterocycles. The monoisotopic (exact) mass is 656 g/mol. The van der Waals surface area contributed by atoms with Gasteiger partial charge in [0.15, 0.2) is 23.7 Å². The molecule has 13 nitrogen and oxygen atoms in total. The highest BCUT2D eigenvalue weighted by Crippen LogP contribution is 2.47. The zero-order chi connectivity index (χ0) is 34.3. The van der Waals surface area contributed by atoms with Crippen molar-refractivity contribution in [2.45, 2.75) is 25.4 Å². The summed E-state index contributed by atoms with van der Waals surface area (Å²) in [4.78, 5) is 69.3. The molecule has 248 valence electrons. The van der Waals surface area contributed by atoms with Crippen LogP contribution in [-0.2, 0) is 28.4 Å². The third-order valence-electron chi connectivity index (χ3n) is 7.92. The molecule has 1 aromatic heterocycles. The molecule has 1 aliphatic heterocycles. The van der Waals surface area contributed by atoms with Gasteiger partial charge < -0.3 is 28.4 Å². The van der Waals surface area contributed by atoms with Gasteiger partial charge >= 0.3 is 29.8 Å². The molecule has 13 heteroatoms. The lowest BCUT2D eigenvalue weighted by Gasteiger charge is -2.34. The summed E-state index contributed by atoms with van der Waals surface area (Å²) in [6.45, 7) is 0.865. The number of esters is 5. The predicted molar refractivity (Wildman–Crippen MR) is 166 cm³/mol. The summed E-state index contributed by atoms with van der Waals surface area (Å²) in [5.41, 5.74) is -1.39. The van der Waals surface area contributed by atoms with Crippen molar-refractivity contribution in [3.63, 3.8) is 0 Å². The van der Waals surface area contributed by atoms with Crippen LogP contribution in [0.4, 0.5) is 0 Å². The highest BCUT2D eigenvalue weighted by Gasteiger charge is 2.59. The van der Waals surface area contributed by atoms with Gasteiger partial charge in [0.25, 0.3) is 0 Å². The van der Waals surface area contributed by atoms with E-state index >= 15 is 0 Å². The summed E-state index contributed by atoms with van der Waals surface area (Å²) < 4.78 is 34.8. The van der Waals surface area contributed by atoms with Crippen LogP contribution >= 0.6 is 0 Å². The largest absolute Gasteiger partial charge is 0.464 e. The minimum absolute atomic E-state index is 0.202. The molecule has 4 unspecified atom stereocenters. The highest BCUT2D eigenvalue weighted by atomic mass is 16.6. The Hall–Kier alpha value is -5.82. The van der Waals surface area contributed by atoms with Crippen molar-refractivity contribution in [3.8, 4) is 0 Å².